The Morgan fingerprint density at radius 3 is 2.78 bits per heavy atom. The molecule has 0 unspecified atom stereocenters. The summed E-state index contributed by atoms with van der Waals surface area (Å²) < 4.78 is 11.7. The topological polar surface area (TPSA) is 35.5 Å². The average Bonchev–Trinajstić information content (AvgIpc) is 2.71. The van der Waals surface area contributed by atoms with Gasteiger partial charge in [-0.3, -0.25) is 4.79 Å². The molecule has 1 saturated heterocycles. The summed E-state index contributed by atoms with van der Waals surface area (Å²) in [4.78, 5) is 12.7. The molecule has 4 bridgehead atoms. The first-order chi connectivity index (χ1) is 8.36. The van der Waals surface area contributed by atoms with Crippen LogP contribution in [0.2, 0.25) is 0 Å². The van der Waals surface area contributed by atoms with Crippen molar-refractivity contribution in [2.75, 3.05) is 6.61 Å². The first-order valence-electron chi connectivity index (χ1n) is 6.67. The third-order valence-corrected chi connectivity index (χ3v) is 5.14. The van der Waals surface area contributed by atoms with Crippen molar-refractivity contribution in [1.29, 1.82) is 0 Å². The maximum atomic E-state index is 12.7. The van der Waals surface area contributed by atoms with Crippen molar-refractivity contribution in [3.05, 3.63) is 23.3 Å². The van der Waals surface area contributed by atoms with Gasteiger partial charge < -0.3 is 9.47 Å². The lowest BCUT2D eigenvalue weighted by Gasteiger charge is -2.40. The molecule has 4 atom stereocenters. The Morgan fingerprint density at radius 2 is 2.00 bits per heavy atom. The summed E-state index contributed by atoms with van der Waals surface area (Å²) in [6.07, 6.45) is 5.85. The number of ether oxygens (including phenoxy) is 2. The van der Waals surface area contributed by atoms with E-state index in [0.29, 0.717) is 12.4 Å². The van der Waals surface area contributed by atoms with Gasteiger partial charge in [0.05, 0.1) is 12.0 Å². The first kappa shape index (κ1) is 10.9. The van der Waals surface area contributed by atoms with Crippen LogP contribution in [0.25, 0.3) is 0 Å². The number of carbonyl (C=O) groups is 1. The summed E-state index contributed by atoms with van der Waals surface area (Å²) in [6, 6.07) is 0. The van der Waals surface area contributed by atoms with Gasteiger partial charge in [0.1, 0.15) is 5.60 Å². The van der Waals surface area contributed by atoms with Crippen molar-refractivity contribution in [3.63, 3.8) is 0 Å². The van der Waals surface area contributed by atoms with Gasteiger partial charge in [0.15, 0.2) is 12.1 Å². The highest BCUT2D eigenvalue weighted by Crippen LogP contribution is 2.59. The van der Waals surface area contributed by atoms with Gasteiger partial charge in [-0.15, -0.1) is 0 Å². The molecule has 1 saturated carbocycles. The van der Waals surface area contributed by atoms with Crippen molar-refractivity contribution in [2.45, 2.75) is 45.5 Å². The zero-order chi connectivity index (χ0) is 12.8. The van der Waals surface area contributed by atoms with Crippen LogP contribution < -0.4 is 0 Å². The van der Waals surface area contributed by atoms with E-state index in [1.807, 2.05) is 13.8 Å². The van der Waals surface area contributed by atoms with Gasteiger partial charge in [0, 0.05) is 11.0 Å². The molecule has 0 N–H and O–H groups in total. The minimum atomic E-state index is -0.350. The van der Waals surface area contributed by atoms with Crippen molar-refractivity contribution in [3.8, 4) is 0 Å². The van der Waals surface area contributed by atoms with E-state index in [9.17, 15) is 4.79 Å². The second-order valence-electron chi connectivity index (χ2n) is 6.81. The largest absolute Gasteiger partial charge is 0.345 e. The number of fused-ring (bicyclic) bond motifs is 7. The summed E-state index contributed by atoms with van der Waals surface area (Å²) in [5, 5.41) is 0. The fourth-order valence-corrected chi connectivity index (χ4v) is 4.03. The fraction of sp³-hybridized carbons (Fsp3) is 0.667. The second kappa shape index (κ2) is 2.81. The molecule has 4 aliphatic rings. The molecule has 18 heavy (non-hydrogen) atoms. The smallest absolute Gasteiger partial charge is 0.185 e. The average molecular weight is 246 g/mol. The lowest BCUT2D eigenvalue weighted by atomic mass is 9.66. The molecule has 4 rings (SSSR count). The van der Waals surface area contributed by atoms with Crippen LogP contribution in [0.4, 0.5) is 0 Å². The Morgan fingerprint density at radius 1 is 1.22 bits per heavy atom. The third-order valence-electron chi connectivity index (χ3n) is 5.14. The molecule has 0 aromatic heterocycles. The van der Waals surface area contributed by atoms with Gasteiger partial charge >= 0.3 is 0 Å². The van der Waals surface area contributed by atoms with Gasteiger partial charge in [-0.2, -0.15) is 0 Å². The molecular weight excluding hydrogens is 228 g/mol. The quantitative estimate of drug-likeness (QED) is 0.658. The van der Waals surface area contributed by atoms with E-state index in [1.54, 1.807) is 0 Å². The Hall–Kier alpha value is -0.930. The minimum absolute atomic E-state index is 0.264. The highest BCUT2D eigenvalue weighted by atomic mass is 16.7. The predicted octanol–water partition coefficient (Wildman–Crippen LogP) is 2.37. The summed E-state index contributed by atoms with van der Waals surface area (Å²) >= 11 is 0. The lowest BCUT2D eigenvalue weighted by Crippen LogP contribution is -2.43. The molecule has 2 aliphatic carbocycles. The van der Waals surface area contributed by atoms with Crippen LogP contribution in [0.3, 0.4) is 0 Å². The molecule has 0 amide bonds. The van der Waals surface area contributed by atoms with Crippen LogP contribution in [0.5, 0.6) is 0 Å². The van der Waals surface area contributed by atoms with Crippen LogP contribution in [-0.4, -0.2) is 24.3 Å². The van der Waals surface area contributed by atoms with Crippen molar-refractivity contribution < 1.29 is 14.3 Å². The molecule has 3 nitrogen and oxygen atoms in total. The number of hydrogen-bond acceptors (Lipinski definition) is 3. The second-order valence-corrected chi connectivity index (χ2v) is 6.81. The zero-order valence-electron chi connectivity index (χ0n) is 11.1. The Bertz CT molecular complexity index is 532. The van der Waals surface area contributed by atoms with E-state index in [2.05, 4.69) is 19.1 Å². The minimum Gasteiger partial charge on any atom is -0.345 e. The molecule has 96 valence electrons. The van der Waals surface area contributed by atoms with Crippen LogP contribution in [0.1, 0.15) is 33.6 Å². The van der Waals surface area contributed by atoms with Crippen LogP contribution in [0.15, 0.2) is 23.3 Å². The van der Waals surface area contributed by atoms with Gasteiger partial charge in [-0.05, 0) is 45.3 Å². The van der Waals surface area contributed by atoms with Crippen LogP contribution in [0, 0.1) is 10.8 Å². The monoisotopic (exact) mass is 246 g/mol. The van der Waals surface area contributed by atoms with E-state index in [0.717, 1.165) is 18.4 Å². The van der Waals surface area contributed by atoms with Gasteiger partial charge in [-0.25, -0.2) is 0 Å². The number of rotatable bonds is 0. The number of hydrogen-bond donors (Lipinski definition) is 0. The maximum Gasteiger partial charge on any atom is 0.185 e. The number of Topliss-reactive ketones (excluding diaryl/α,β-unsaturated/α-hetero) is 1. The standard InChI is InChI=1S/C15H18O3/c1-13-4-5-15(3,12(13)16)10-7-14(2)8-17-11(18-14)9(10)6-13/h6-7,11H,4-5,8H2,1-3H3/t11-,13-,14+,15+/m1/s1. The molecule has 2 fully saturated rings. The Kier molecular flexibility index (Phi) is 1.71. The van der Waals surface area contributed by atoms with Crippen molar-refractivity contribution >= 4 is 5.78 Å². The lowest BCUT2D eigenvalue weighted by molar-refractivity contribution is -0.130. The first-order valence-corrected chi connectivity index (χ1v) is 6.67. The SMILES string of the molecule is C[C@]12CC[C@](C)(C=C3C1=C[C@@]1(C)CO[C@@H]3O1)C2=O. The van der Waals surface area contributed by atoms with E-state index in [1.165, 1.54) is 5.57 Å². The summed E-state index contributed by atoms with van der Waals surface area (Å²) in [6.45, 7) is 6.76. The number of carbonyl (C=O) groups excluding carboxylic acids is 1. The van der Waals surface area contributed by atoms with Gasteiger partial charge in [0.2, 0.25) is 0 Å². The predicted molar refractivity (Wildman–Crippen MR) is 65.9 cm³/mol. The van der Waals surface area contributed by atoms with Crippen LogP contribution in [-0.2, 0) is 14.3 Å². The number of ketones is 1. The molecule has 0 radical (unpaired) electrons. The van der Waals surface area contributed by atoms with Crippen molar-refractivity contribution in [1.82, 2.24) is 0 Å². The van der Waals surface area contributed by atoms with Crippen molar-refractivity contribution in [2.24, 2.45) is 10.8 Å². The zero-order valence-corrected chi connectivity index (χ0v) is 11.1. The van der Waals surface area contributed by atoms with E-state index < -0.39 is 0 Å². The highest BCUT2D eigenvalue weighted by Gasteiger charge is 2.60. The van der Waals surface area contributed by atoms with Gasteiger partial charge in [-0.1, -0.05) is 6.08 Å². The van der Waals surface area contributed by atoms with Gasteiger partial charge in [0.25, 0.3) is 0 Å². The summed E-state index contributed by atoms with van der Waals surface area (Å²) in [7, 11) is 0. The van der Waals surface area contributed by atoms with E-state index in [-0.39, 0.29) is 22.7 Å². The Labute approximate surface area is 107 Å². The molecular formula is C15H18O3. The normalized spacial score (nSPS) is 53.1. The van der Waals surface area contributed by atoms with E-state index in [4.69, 9.17) is 9.47 Å². The molecule has 2 heterocycles. The highest BCUT2D eigenvalue weighted by molar-refractivity contribution is 5.99. The maximum absolute atomic E-state index is 12.7. The summed E-state index contributed by atoms with van der Waals surface area (Å²) in [5.41, 5.74) is 1.28. The molecule has 2 aliphatic heterocycles. The third kappa shape index (κ3) is 1.06. The number of allylic oxidation sites excluding steroid dienone is 1. The fourth-order valence-electron chi connectivity index (χ4n) is 4.03. The van der Waals surface area contributed by atoms with Crippen LogP contribution >= 0.6 is 0 Å². The van der Waals surface area contributed by atoms with E-state index >= 15 is 0 Å². The Balaban J connectivity index is 1.98. The summed E-state index contributed by atoms with van der Waals surface area (Å²) in [5.74, 6) is 0.370. The molecule has 0 spiro atoms. The molecule has 0 aromatic carbocycles. The molecule has 0 aromatic rings. The molecule has 3 heteroatoms.